The third kappa shape index (κ3) is 2.96. The lowest BCUT2D eigenvalue weighted by atomic mass is 10.1. The number of hydrogen-bond donors (Lipinski definition) is 2. The number of hydrogen-bond acceptors (Lipinski definition) is 4. The van der Waals surface area contributed by atoms with Gasteiger partial charge in [-0.15, -0.1) is 0 Å². The lowest BCUT2D eigenvalue weighted by molar-refractivity contribution is -0.136. The Labute approximate surface area is 125 Å². The van der Waals surface area contributed by atoms with Gasteiger partial charge in [0.15, 0.2) is 11.5 Å². The quantitative estimate of drug-likeness (QED) is 0.914. The van der Waals surface area contributed by atoms with E-state index in [2.05, 4.69) is 10.3 Å². The minimum absolute atomic E-state index is 0.0657. The van der Waals surface area contributed by atoms with Crippen molar-refractivity contribution < 1.29 is 22.7 Å². The molecule has 1 heterocycles. The summed E-state index contributed by atoms with van der Waals surface area (Å²) in [6.07, 6.45) is -2.44. The minimum Gasteiger partial charge on any atom is -0.440 e. The summed E-state index contributed by atoms with van der Waals surface area (Å²) in [5.74, 6) is 0.205. The zero-order valence-corrected chi connectivity index (χ0v) is 12.1. The average Bonchev–Trinajstić information content (AvgIpc) is 2.98. The van der Waals surface area contributed by atoms with Crippen LogP contribution in [0.4, 0.5) is 13.2 Å². The fourth-order valence-corrected chi connectivity index (χ4v) is 2.94. The number of aliphatic hydroxyl groups excluding tert-OH is 1. The molecule has 0 bridgehead atoms. The van der Waals surface area contributed by atoms with Gasteiger partial charge >= 0.3 is 6.18 Å². The van der Waals surface area contributed by atoms with Crippen molar-refractivity contribution in [3.63, 3.8) is 0 Å². The Balaban J connectivity index is 1.89. The van der Waals surface area contributed by atoms with E-state index in [1.54, 1.807) is 6.07 Å². The summed E-state index contributed by atoms with van der Waals surface area (Å²) in [6, 6.07) is 2.61. The van der Waals surface area contributed by atoms with Crippen LogP contribution in [0, 0.1) is 6.92 Å². The zero-order chi connectivity index (χ0) is 15.9. The molecule has 22 heavy (non-hydrogen) atoms. The molecule has 120 valence electrons. The van der Waals surface area contributed by atoms with E-state index in [1.165, 1.54) is 6.92 Å². The van der Waals surface area contributed by atoms with E-state index < -0.39 is 17.8 Å². The second-order valence-corrected chi connectivity index (χ2v) is 5.71. The number of benzene rings is 1. The largest absolute Gasteiger partial charge is 0.440 e. The molecule has 0 radical (unpaired) electrons. The van der Waals surface area contributed by atoms with Crippen LogP contribution in [0.25, 0.3) is 11.1 Å². The van der Waals surface area contributed by atoms with Gasteiger partial charge < -0.3 is 14.8 Å². The van der Waals surface area contributed by atoms with E-state index in [4.69, 9.17) is 4.42 Å². The predicted molar refractivity (Wildman–Crippen MR) is 74.2 cm³/mol. The summed E-state index contributed by atoms with van der Waals surface area (Å²) in [4.78, 5) is 4.00. The molecule has 0 aliphatic heterocycles. The second-order valence-electron chi connectivity index (χ2n) is 5.71. The zero-order valence-electron chi connectivity index (χ0n) is 12.1. The van der Waals surface area contributed by atoms with Crippen molar-refractivity contribution in [1.82, 2.24) is 10.3 Å². The highest BCUT2D eigenvalue weighted by Gasteiger charge is 2.35. The van der Waals surface area contributed by atoms with E-state index in [1.807, 2.05) is 0 Å². The van der Waals surface area contributed by atoms with Crippen LogP contribution in [0.15, 0.2) is 16.5 Å². The van der Waals surface area contributed by atoms with Crippen LogP contribution in [0.2, 0.25) is 0 Å². The molecule has 0 unspecified atom stereocenters. The van der Waals surface area contributed by atoms with Crippen molar-refractivity contribution in [2.24, 2.45) is 0 Å². The number of aliphatic hydroxyl groups is 1. The predicted octanol–water partition coefficient (Wildman–Crippen LogP) is 3.16. The van der Waals surface area contributed by atoms with E-state index in [0.717, 1.165) is 25.3 Å². The Kier molecular flexibility index (Phi) is 3.86. The SMILES string of the molecule is Cc1nc2cc(CN[C@@H]3CCC[C@@H]3O)cc(C(F)(F)F)c2o1. The number of rotatable bonds is 3. The molecule has 1 fully saturated rings. The van der Waals surface area contributed by atoms with Gasteiger partial charge in [-0.1, -0.05) is 0 Å². The highest BCUT2D eigenvalue weighted by molar-refractivity contribution is 5.78. The Morgan fingerprint density at radius 3 is 2.77 bits per heavy atom. The summed E-state index contributed by atoms with van der Waals surface area (Å²) >= 11 is 0. The first-order valence-electron chi connectivity index (χ1n) is 7.23. The van der Waals surface area contributed by atoms with Gasteiger partial charge in [-0.05, 0) is 37.0 Å². The summed E-state index contributed by atoms with van der Waals surface area (Å²) in [7, 11) is 0. The fourth-order valence-electron chi connectivity index (χ4n) is 2.94. The monoisotopic (exact) mass is 314 g/mol. The fraction of sp³-hybridized carbons (Fsp3) is 0.533. The van der Waals surface area contributed by atoms with Gasteiger partial charge in [-0.3, -0.25) is 0 Å². The maximum Gasteiger partial charge on any atom is 0.420 e. The van der Waals surface area contributed by atoms with Gasteiger partial charge in [0.2, 0.25) is 0 Å². The normalized spacial score (nSPS) is 22.6. The lowest BCUT2D eigenvalue weighted by Crippen LogP contribution is -2.35. The van der Waals surface area contributed by atoms with Gasteiger partial charge in [0.25, 0.3) is 0 Å². The van der Waals surface area contributed by atoms with Gasteiger partial charge in [0.05, 0.1) is 6.10 Å². The molecule has 2 N–H and O–H groups in total. The molecule has 2 atom stereocenters. The smallest absolute Gasteiger partial charge is 0.420 e. The maximum absolute atomic E-state index is 13.2. The summed E-state index contributed by atoms with van der Waals surface area (Å²) in [5, 5.41) is 12.9. The number of nitrogens with zero attached hydrogens (tertiary/aromatic N) is 1. The third-order valence-electron chi connectivity index (χ3n) is 4.01. The molecule has 2 aromatic rings. The number of alkyl halides is 3. The van der Waals surface area contributed by atoms with Crippen molar-refractivity contribution in [1.29, 1.82) is 0 Å². The molecular weight excluding hydrogens is 297 g/mol. The van der Waals surface area contributed by atoms with Gasteiger partial charge in [-0.2, -0.15) is 13.2 Å². The van der Waals surface area contributed by atoms with Crippen molar-refractivity contribution in [3.8, 4) is 0 Å². The maximum atomic E-state index is 13.2. The molecule has 0 amide bonds. The summed E-state index contributed by atoms with van der Waals surface area (Å²) < 4.78 is 44.6. The first-order chi connectivity index (χ1) is 10.3. The second kappa shape index (κ2) is 5.55. The first-order valence-corrected chi connectivity index (χ1v) is 7.23. The Hall–Kier alpha value is -1.60. The van der Waals surface area contributed by atoms with Crippen LogP contribution in [-0.4, -0.2) is 22.2 Å². The number of aromatic nitrogens is 1. The summed E-state index contributed by atoms with van der Waals surface area (Å²) in [6.45, 7) is 1.78. The minimum atomic E-state index is -4.49. The highest BCUT2D eigenvalue weighted by atomic mass is 19.4. The molecular formula is C15H17F3N2O2. The van der Waals surface area contributed by atoms with Crippen molar-refractivity contribution >= 4 is 11.1 Å². The number of halogens is 3. The molecule has 0 saturated heterocycles. The first kappa shape index (κ1) is 15.3. The van der Waals surface area contributed by atoms with E-state index >= 15 is 0 Å². The van der Waals surface area contributed by atoms with Crippen LogP contribution in [-0.2, 0) is 12.7 Å². The van der Waals surface area contributed by atoms with E-state index in [9.17, 15) is 18.3 Å². The van der Waals surface area contributed by atoms with Crippen molar-refractivity contribution in [2.45, 2.75) is 51.1 Å². The van der Waals surface area contributed by atoms with Crippen LogP contribution in [0.3, 0.4) is 0 Å². The van der Waals surface area contributed by atoms with Crippen LogP contribution < -0.4 is 5.32 Å². The van der Waals surface area contributed by atoms with Crippen LogP contribution in [0.1, 0.15) is 36.3 Å². The molecule has 1 aliphatic rings. The van der Waals surface area contributed by atoms with Crippen molar-refractivity contribution in [2.75, 3.05) is 0 Å². The van der Waals surface area contributed by atoms with Gasteiger partial charge in [0.1, 0.15) is 11.1 Å². The Bertz CT molecular complexity index is 681. The Morgan fingerprint density at radius 1 is 1.36 bits per heavy atom. The number of oxazole rings is 1. The standard InChI is InChI=1S/C15H17F3N2O2/c1-8-20-12-6-9(7-19-11-3-2-4-13(11)21)5-10(14(12)22-8)15(16,17)18/h5-6,11,13,19,21H,2-4,7H2,1H3/t11-,13+/m1/s1. The molecule has 1 aromatic heterocycles. The van der Waals surface area contributed by atoms with Crippen molar-refractivity contribution in [3.05, 3.63) is 29.2 Å². The van der Waals surface area contributed by atoms with E-state index in [-0.39, 0.29) is 29.6 Å². The van der Waals surface area contributed by atoms with Gasteiger partial charge in [0, 0.05) is 19.5 Å². The summed E-state index contributed by atoms with van der Waals surface area (Å²) in [5.41, 5.74) is -0.354. The topological polar surface area (TPSA) is 58.3 Å². The third-order valence-corrected chi connectivity index (χ3v) is 4.01. The van der Waals surface area contributed by atoms with Crippen LogP contribution >= 0.6 is 0 Å². The van der Waals surface area contributed by atoms with Crippen LogP contribution in [0.5, 0.6) is 0 Å². The molecule has 1 saturated carbocycles. The number of fused-ring (bicyclic) bond motifs is 1. The molecule has 4 nitrogen and oxygen atoms in total. The molecule has 0 spiro atoms. The lowest BCUT2D eigenvalue weighted by Gasteiger charge is -2.17. The molecule has 1 aliphatic carbocycles. The molecule has 7 heteroatoms. The Morgan fingerprint density at radius 2 is 2.14 bits per heavy atom. The number of nitrogens with one attached hydrogen (secondary N) is 1. The number of aryl methyl sites for hydroxylation is 1. The van der Waals surface area contributed by atoms with Gasteiger partial charge in [-0.25, -0.2) is 4.98 Å². The van der Waals surface area contributed by atoms with E-state index in [0.29, 0.717) is 5.56 Å². The molecule has 3 rings (SSSR count). The highest BCUT2D eigenvalue weighted by Crippen LogP contribution is 2.36. The molecule has 1 aromatic carbocycles. The average molecular weight is 314 g/mol.